The van der Waals surface area contributed by atoms with Crippen LogP contribution in [0.15, 0.2) is 48.5 Å². The van der Waals surface area contributed by atoms with Crippen molar-refractivity contribution in [3.05, 3.63) is 71.0 Å². The zero-order valence-corrected chi connectivity index (χ0v) is 14.4. The van der Waals surface area contributed by atoms with E-state index in [2.05, 4.69) is 0 Å². The molecule has 1 amide bonds. The fourth-order valence-electron chi connectivity index (χ4n) is 3.94. The Labute approximate surface area is 151 Å². The molecule has 2 heterocycles. The lowest BCUT2D eigenvalue weighted by Gasteiger charge is -2.38. The Morgan fingerprint density at radius 1 is 1.08 bits per heavy atom. The van der Waals surface area contributed by atoms with E-state index in [-0.39, 0.29) is 24.1 Å². The molecule has 0 saturated carbocycles. The highest BCUT2D eigenvalue weighted by molar-refractivity contribution is 5.94. The smallest absolute Gasteiger partial charge is 0.339 e. The second kappa shape index (κ2) is 6.56. The zero-order chi connectivity index (χ0) is 18.1. The number of likely N-dealkylation sites (tertiary alicyclic amines) is 1. The maximum Gasteiger partial charge on any atom is 0.339 e. The monoisotopic (exact) mass is 353 g/mol. The number of hydrogen-bond acceptors (Lipinski definition) is 3. The van der Waals surface area contributed by atoms with Crippen molar-refractivity contribution in [2.45, 2.75) is 31.3 Å². The van der Waals surface area contributed by atoms with Crippen molar-refractivity contribution in [2.75, 3.05) is 13.1 Å². The first-order valence-electron chi connectivity index (χ1n) is 8.93. The van der Waals surface area contributed by atoms with Crippen LogP contribution in [0.4, 0.5) is 4.39 Å². The third-order valence-corrected chi connectivity index (χ3v) is 5.42. The SMILES string of the molecule is O=C1OC2(CCN(C(=O)CCc3ccccc3F)CC2)c2ccccc21. The van der Waals surface area contributed by atoms with E-state index in [0.29, 0.717) is 43.5 Å². The minimum atomic E-state index is -0.601. The Hall–Kier alpha value is -2.69. The van der Waals surface area contributed by atoms with Gasteiger partial charge >= 0.3 is 5.97 Å². The molecular weight excluding hydrogens is 333 g/mol. The topological polar surface area (TPSA) is 46.6 Å². The van der Waals surface area contributed by atoms with E-state index in [1.54, 1.807) is 29.2 Å². The summed E-state index contributed by atoms with van der Waals surface area (Å²) in [6.45, 7) is 1.08. The molecule has 2 aliphatic rings. The van der Waals surface area contributed by atoms with Gasteiger partial charge in [-0.1, -0.05) is 36.4 Å². The number of benzene rings is 2. The summed E-state index contributed by atoms with van der Waals surface area (Å²) in [6, 6.07) is 14.0. The number of rotatable bonds is 3. The van der Waals surface area contributed by atoms with Gasteiger partial charge in [-0.05, 0) is 24.1 Å². The zero-order valence-electron chi connectivity index (χ0n) is 14.4. The summed E-state index contributed by atoms with van der Waals surface area (Å²) in [4.78, 5) is 26.4. The standard InChI is InChI=1S/C21H20FNO3/c22-18-8-4-1-5-15(18)9-10-19(24)23-13-11-21(12-14-23)17-7-3-2-6-16(17)20(25)26-21/h1-8H,9-14H2. The molecule has 0 bridgehead atoms. The minimum absolute atomic E-state index is 0.0145. The molecule has 0 aromatic heterocycles. The summed E-state index contributed by atoms with van der Waals surface area (Å²) in [5.74, 6) is -0.534. The molecule has 0 atom stereocenters. The van der Waals surface area contributed by atoms with Crippen molar-refractivity contribution in [2.24, 2.45) is 0 Å². The molecule has 2 aliphatic heterocycles. The lowest BCUT2D eigenvalue weighted by Crippen LogP contribution is -2.45. The highest BCUT2D eigenvalue weighted by Crippen LogP contribution is 2.43. The third kappa shape index (κ3) is 2.87. The van der Waals surface area contributed by atoms with Gasteiger partial charge in [0.2, 0.25) is 5.91 Å². The lowest BCUT2D eigenvalue weighted by atomic mass is 9.83. The van der Waals surface area contributed by atoms with Crippen LogP contribution in [0.3, 0.4) is 0 Å². The number of halogens is 1. The Morgan fingerprint density at radius 3 is 2.54 bits per heavy atom. The van der Waals surface area contributed by atoms with E-state index in [1.807, 2.05) is 18.2 Å². The van der Waals surface area contributed by atoms with Crippen LogP contribution in [0, 0.1) is 5.82 Å². The predicted molar refractivity (Wildman–Crippen MR) is 94.1 cm³/mol. The molecule has 5 heteroatoms. The number of esters is 1. The van der Waals surface area contributed by atoms with Crippen LogP contribution >= 0.6 is 0 Å². The number of amides is 1. The Morgan fingerprint density at radius 2 is 1.77 bits per heavy atom. The Kier molecular flexibility index (Phi) is 4.23. The van der Waals surface area contributed by atoms with Gasteiger partial charge in [-0.3, -0.25) is 4.79 Å². The van der Waals surface area contributed by atoms with Gasteiger partial charge in [-0.15, -0.1) is 0 Å². The quantitative estimate of drug-likeness (QED) is 0.794. The van der Waals surface area contributed by atoms with Gasteiger partial charge in [0.25, 0.3) is 0 Å². The summed E-state index contributed by atoms with van der Waals surface area (Å²) >= 11 is 0. The van der Waals surface area contributed by atoms with Crippen LogP contribution in [-0.2, 0) is 21.6 Å². The van der Waals surface area contributed by atoms with Gasteiger partial charge in [-0.25, -0.2) is 9.18 Å². The molecule has 4 nitrogen and oxygen atoms in total. The highest BCUT2D eigenvalue weighted by Gasteiger charge is 2.47. The van der Waals surface area contributed by atoms with Crippen molar-refractivity contribution in [3.8, 4) is 0 Å². The molecule has 134 valence electrons. The van der Waals surface area contributed by atoms with Gasteiger partial charge in [0.1, 0.15) is 11.4 Å². The number of fused-ring (bicyclic) bond motifs is 2. The van der Waals surface area contributed by atoms with Gasteiger partial charge in [0.05, 0.1) is 5.56 Å². The van der Waals surface area contributed by atoms with E-state index in [9.17, 15) is 14.0 Å². The van der Waals surface area contributed by atoms with Gasteiger partial charge in [0.15, 0.2) is 0 Å². The van der Waals surface area contributed by atoms with Crippen LogP contribution in [0.25, 0.3) is 0 Å². The van der Waals surface area contributed by atoms with Crippen LogP contribution in [0.5, 0.6) is 0 Å². The number of hydrogen-bond donors (Lipinski definition) is 0. The van der Waals surface area contributed by atoms with E-state index in [0.717, 1.165) is 5.56 Å². The summed E-state index contributed by atoms with van der Waals surface area (Å²) < 4.78 is 19.4. The third-order valence-electron chi connectivity index (χ3n) is 5.42. The maximum absolute atomic E-state index is 13.7. The molecule has 26 heavy (non-hydrogen) atoms. The highest BCUT2D eigenvalue weighted by atomic mass is 19.1. The van der Waals surface area contributed by atoms with Crippen LogP contribution in [-0.4, -0.2) is 29.9 Å². The average molecular weight is 353 g/mol. The Bertz CT molecular complexity index is 856. The van der Waals surface area contributed by atoms with Crippen LogP contribution in [0.2, 0.25) is 0 Å². The second-order valence-corrected chi connectivity index (χ2v) is 6.90. The van der Waals surface area contributed by atoms with Gasteiger partial charge in [0, 0.05) is 37.9 Å². The number of carbonyl (C=O) groups is 2. The molecule has 0 aliphatic carbocycles. The Balaban J connectivity index is 1.39. The number of aryl methyl sites for hydroxylation is 1. The van der Waals surface area contributed by atoms with E-state index in [1.165, 1.54) is 6.07 Å². The fraction of sp³-hybridized carbons (Fsp3) is 0.333. The van der Waals surface area contributed by atoms with Crippen molar-refractivity contribution in [3.63, 3.8) is 0 Å². The van der Waals surface area contributed by atoms with Gasteiger partial charge < -0.3 is 9.64 Å². The first kappa shape index (κ1) is 16.8. The molecule has 2 aromatic rings. The average Bonchev–Trinajstić information content (AvgIpc) is 2.94. The van der Waals surface area contributed by atoms with Crippen LogP contribution < -0.4 is 0 Å². The molecule has 1 saturated heterocycles. The molecule has 4 rings (SSSR count). The molecule has 2 aromatic carbocycles. The number of carbonyl (C=O) groups excluding carboxylic acids is 2. The molecular formula is C21H20FNO3. The molecule has 0 radical (unpaired) electrons. The maximum atomic E-state index is 13.7. The lowest BCUT2D eigenvalue weighted by molar-refractivity contribution is -0.135. The van der Waals surface area contributed by atoms with Crippen molar-refractivity contribution in [1.29, 1.82) is 0 Å². The van der Waals surface area contributed by atoms with Crippen LogP contribution in [0.1, 0.15) is 40.7 Å². The summed E-state index contributed by atoms with van der Waals surface area (Å²) in [5.41, 5.74) is 1.53. The first-order chi connectivity index (χ1) is 12.6. The molecule has 0 unspecified atom stereocenters. The molecule has 1 spiro atoms. The number of ether oxygens (including phenoxy) is 1. The fourth-order valence-corrected chi connectivity index (χ4v) is 3.94. The number of piperidine rings is 1. The minimum Gasteiger partial charge on any atom is -0.450 e. The largest absolute Gasteiger partial charge is 0.450 e. The molecule has 1 fully saturated rings. The van der Waals surface area contributed by atoms with Gasteiger partial charge in [-0.2, -0.15) is 0 Å². The summed E-state index contributed by atoms with van der Waals surface area (Å²) in [6.07, 6.45) is 1.87. The normalized spacial score (nSPS) is 17.9. The number of nitrogens with zero attached hydrogens (tertiary/aromatic N) is 1. The van der Waals surface area contributed by atoms with E-state index < -0.39 is 5.60 Å². The first-order valence-corrected chi connectivity index (χ1v) is 8.93. The van der Waals surface area contributed by atoms with E-state index in [4.69, 9.17) is 4.74 Å². The molecule has 0 N–H and O–H groups in total. The van der Waals surface area contributed by atoms with Crippen molar-refractivity contribution >= 4 is 11.9 Å². The van der Waals surface area contributed by atoms with E-state index >= 15 is 0 Å². The van der Waals surface area contributed by atoms with Crippen molar-refractivity contribution < 1.29 is 18.7 Å². The summed E-state index contributed by atoms with van der Waals surface area (Å²) in [5, 5.41) is 0. The summed E-state index contributed by atoms with van der Waals surface area (Å²) in [7, 11) is 0. The predicted octanol–water partition coefficient (Wildman–Crippen LogP) is 3.45. The van der Waals surface area contributed by atoms with Crippen molar-refractivity contribution in [1.82, 2.24) is 4.90 Å². The second-order valence-electron chi connectivity index (χ2n) is 6.90.